The Morgan fingerprint density at radius 3 is 1.26 bits per heavy atom. The van der Waals surface area contributed by atoms with Crippen LogP contribution in [0.25, 0.3) is 34.4 Å². The maximum absolute atomic E-state index is 14.6. The summed E-state index contributed by atoms with van der Waals surface area (Å²) in [5.74, 6) is -1.53. The van der Waals surface area contributed by atoms with Crippen LogP contribution in [0.1, 0.15) is 126 Å². The molecule has 4 aliphatic carbocycles. The molecule has 0 amide bonds. The fourth-order valence-corrected chi connectivity index (χ4v) is 55.0. The third-order valence-corrected chi connectivity index (χ3v) is 70.6. The van der Waals surface area contributed by atoms with Gasteiger partial charge in [-0.2, -0.15) is 0 Å². The first-order chi connectivity index (χ1) is 30.7. The molecule has 65 heavy (non-hydrogen) atoms. The zero-order valence-corrected chi connectivity index (χ0v) is 47.5. The minimum atomic E-state index is -5.72. The van der Waals surface area contributed by atoms with Gasteiger partial charge in [0.05, 0.1) is 0 Å². The predicted octanol–water partition coefficient (Wildman–Crippen LogP) is 17.7. The minimum absolute atomic E-state index is 0.0720. The molecule has 0 aliphatic heterocycles. The number of fused-ring (bicyclic) bond motifs is 2. The maximum atomic E-state index is 14.6. The molecule has 0 nitrogen and oxygen atoms in total. The van der Waals surface area contributed by atoms with Gasteiger partial charge in [-0.25, -0.2) is 0 Å². The van der Waals surface area contributed by atoms with Gasteiger partial charge in [0.15, 0.2) is 0 Å². The Bertz CT molecular complexity index is 2220. The number of benzene rings is 4. The van der Waals surface area contributed by atoms with E-state index in [1.165, 1.54) is 143 Å². The molecule has 0 spiro atoms. The first kappa shape index (κ1) is 49.7. The zero-order valence-electron chi connectivity index (χ0n) is 40.3. The van der Waals surface area contributed by atoms with Crippen LogP contribution in [0.15, 0.2) is 96.1 Å². The summed E-state index contributed by atoms with van der Waals surface area (Å²) < 4.78 is 43.4. The van der Waals surface area contributed by atoms with E-state index >= 15 is 0 Å². The van der Waals surface area contributed by atoms with Gasteiger partial charge in [0, 0.05) is 0 Å². The number of alkyl halides is 3. The van der Waals surface area contributed by atoms with Crippen molar-refractivity contribution in [3.63, 3.8) is 0 Å². The summed E-state index contributed by atoms with van der Waals surface area (Å²) >= 11 is -5.72. The third kappa shape index (κ3) is 10.6. The zero-order chi connectivity index (χ0) is 46.4. The van der Waals surface area contributed by atoms with Crippen molar-refractivity contribution >= 4 is 61.6 Å². The SMILES string of the molecule is C[SiH](CCC(F)(F)F)[Zr]([Cl])([Cl])([CH]1C(CC2CCCCCC2)=Cc2c(-c3ccc([Si](C)(C)C)cc3)cccc21)[CH]1C(CC2CCCCCC2)=Cc2c(-c3ccc([Si](C)(C)C)cc3)cccc21. The summed E-state index contributed by atoms with van der Waals surface area (Å²) in [6.45, 7) is 16.5. The molecule has 349 valence electrons. The van der Waals surface area contributed by atoms with Gasteiger partial charge in [0.1, 0.15) is 0 Å². The van der Waals surface area contributed by atoms with E-state index in [2.05, 4.69) is 143 Å². The van der Waals surface area contributed by atoms with Gasteiger partial charge in [0.2, 0.25) is 0 Å². The van der Waals surface area contributed by atoms with E-state index in [0.29, 0.717) is 11.8 Å². The summed E-state index contributed by atoms with van der Waals surface area (Å²) in [5, 5.41) is 2.85. The molecule has 4 aliphatic rings. The number of hydrogen-bond acceptors (Lipinski definition) is 0. The van der Waals surface area contributed by atoms with E-state index in [-0.39, 0.29) is 13.3 Å². The second-order valence-electron chi connectivity index (χ2n) is 23.0. The standard InChI is InChI=1S/2C26H33Si.C4H8F3Si.2ClH.Zr/c2*1-27(2,3)24-15-13-22(14-16-24)25-12-8-11-23-18-21(19-26(23)25)17-20-9-6-4-5-7-10-20;1-8-3-2-4(5,6)7;;;/h2*8,11-16,18-20H,4-7,9-10,17H2,1-3H3;8H,2-3H2,1H3;2*1H;/q;;;;;+2/p-2. The average molecular weight is 1050 g/mol. The average Bonchev–Trinajstić information content (AvgIpc) is 3.56. The molecule has 4 aromatic rings. The van der Waals surface area contributed by atoms with E-state index in [1.54, 1.807) is 0 Å². The van der Waals surface area contributed by atoms with Crippen LogP contribution in [0, 0.1) is 11.8 Å². The number of allylic oxidation sites excluding steroid dienone is 2. The van der Waals surface area contributed by atoms with Crippen molar-refractivity contribution in [2.45, 2.75) is 162 Å². The first-order valence-corrected chi connectivity index (χ1v) is 48.2. The van der Waals surface area contributed by atoms with Gasteiger partial charge in [-0.15, -0.1) is 0 Å². The molecule has 0 heterocycles. The summed E-state index contributed by atoms with van der Waals surface area (Å²) in [6.07, 6.45) is 16.4. The topological polar surface area (TPSA) is 0 Å². The van der Waals surface area contributed by atoms with Gasteiger partial charge in [-0.1, -0.05) is 0 Å². The molecule has 2 saturated carbocycles. The van der Waals surface area contributed by atoms with Gasteiger partial charge in [-0.3, -0.25) is 0 Å². The normalized spacial score (nSPS) is 21.4. The van der Waals surface area contributed by atoms with Crippen molar-refractivity contribution in [2.75, 3.05) is 0 Å². The monoisotopic (exact) mass is 1050 g/mol. The van der Waals surface area contributed by atoms with Gasteiger partial charge in [0.25, 0.3) is 0 Å². The van der Waals surface area contributed by atoms with Crippen LogP contribution >= 0.6 is 17.0 Å². The number of rotatable bonds is 13. The van der Waals surface area contributed by atoms with Crippen LogP contribution in [-0.2, 0) is 15.6 Å². The second kappa shape index (κ2) is 19.6. The molecular weight excluding hydrogens is 976 g/mol. The Kier molecular flexibility index (Phi) is 15.0. The second-order valence-corrected chi connectivity index (χ2v) is 74.5. The molecule has 8 rings (SSSR count). The first-order valence-electron chi connectivity index (χ1n) is 25.2. The fraction of sp³-hybridized carbons (Fsp3) is 0.500. The third-order valence-electron chi connectivity index (χ3n) is 16.3. The Morgan fingerprint density at radius 2 is 0.923 bits per heavy atom. The van der Waals surface area contributed by atoms with Crippen molar-refractivity contribution in [1.82, 2.24) is 0 Å². The molecule has 3 unspecified atom stereocenters. The van der Waals surface area contributed by atoms with Crippen LogP contribution in [0.5, 0.6) is 0 Å². The fourth-order valence-electron chi connectivity index (χ4n) is 12.6. The Morgan fingerprint density at radius 1 is 0.554 bits per heavy atom. The van der Waals surface area contributed by atoms with E-state index in [1.807, 2.05) is 0 Å². The summed E-state index contributed by atoms with van der Waals surface area (Å²) in [4.78, 5) is 0. The number of halogens is 5. The number of hydrogen-bond donors (Lipinski definition) is 0. The quantitative estimate of drug-likeness (QED) is 0.0925. The van der Waals surface area contributed by atoms with Crippen LogP contribution in [0.2, 0.25) is 51.9 Å². The molecule has 2 fully saturated rings. The van der Waals surface area contributed by atoms with Crippen molar-refractivity contribution in [1.29, 1.82) is 0 Å². The van der Waals surface area contributed by atoms with Gasteiger partial charge in [-0.05, 0) is 0 Å². The predicted molar refractivity (Wildman–Crippen MR) is 283 cm³/mol. The Labute approximate surface area is 401 Å². The Balaban J connectivity index is 1.36. The molecule has 0 radical (unpaired) electrons. The molecule has 0 saturated heterocycles. The van der Waals surface area contributed by atoms with Gasteiger partial charge < -0.3 is 0 Å². The van der Waals surface area contributed by atoms with Crippen molar-refractivity contribution < 1.29 is 28.7 Å². The molecule has 3 atom stereocenters. The van der Waals surface area contributed by atoms with Crippen LogP contribution in [0.4, 0.5) is 13.2 Å². The van der Waals surface area contributed by atoms with E-state index < -0.39 is 50.2 Å². The van der Waals surface area contributed by atoms with Crippen LogP contribution in [-0.4, -0.2) is 28.2 Å². The van der Waals surface area contributed by atoms with Crippen LogP contribution < -0.4 is 10.4 Å². The molecule has 0 bridgehead atoms. The van der Waals surface area contributed by atoms with E-state index in [9.17, 15) is 13.2 Å². The van der Waals surface area contributed by atoms with Crippen molar-refractivity contribution in [3.8, 4) is 22.3 Å². The summed E-state index contributed by atoms with van der Waals surface area (Å²) in [5.41, 5.74) is 12.1. The molecule has 4 aromatic carbocycles. The summed E-state index contributed by atoms with van der Waals surface area (Å²) in [6, 6.07) is 32.0. The van der Waals surface area contributed by atoms with E-state index in [4.69, 9.17) is 17.0 Å². The van der Waals surface area contributed by atoms with Crippen molar-refractivity contribution in [3.05, 3.63) is 118 Å². The molecule has 0 N–H and O–H groups in total. The Hall–Kier alpha value is -1.74. The van der Waals surface area contributed by atoms with Crippen LogP contribution in [0.3, 0.4) is 0 Å². The van der Waals surface area contributed by atoms with Gasteiger partial charge >= 0.3 is 404 Å². The molecule has 9 heteroatoms. The molecule has 0 aromatic heterocycles. The summed E-state index contributed by atoms with van der Waals surface area (Å²) in [7, 11) is 15.3. The van der Waals surface area contributed by atoms with E-state index in [0.717, 1.165) is 12.8 Å². The van der Waals surface area contributed by atoms with Crippen molar-refractivity contribution in [2.24, 2.45) is 11.8 Å². The molecular formula is C56H74Cl2F3Si3Zr.